The molecule has 0 bridgehead atoms. The van der Waals surface area contributed by atoms with Gasteiger partial charge in [0.15, 0.2) is 11.6 Å². The second-order valence-corrected chi connectivity index (χ2v) is 8.99. The first-order valence-corrected chi connectivity index (χ1v) is 12.0. The number of allylic oxidation sites excluding steroid dienone is 4. The van der Waals surface area contributed by atoms with Crippen molar-refractivity contribution in [2.45, 2.75) is 32.2 Å². The smallest absolute Gasteiger partial charge is 0.181 e. The maximum atomic E-state index is 15.4. The van der Waals surface area contributed by atoms with Gasteiger partial charge in [-0.25, -0.2) is 14.4 Å². The zero-order valence-corrected chi connectivity index (χ0v) is 20.4. The molecule has 178 valence electrons. The van der Waals surface area contributed by atoms with Crippen LogP contribution in [0.5, 0.6) is 0 Å². The number of aromatic nitrogens is 4. The fraction of sp³-hybridized carbons (Fsp3) is 0.222. The summed E-state index contributed by atoms with van der Waals surface area (Å²) < 4.78 is 17.1. The van der Waals surface area contributed by atoms with Crippen LogP contribution in [0.3, 0.4) is 0 Å². The Morgan fingerprint density at radius 1 is 1.20 bits per heavy atom. The number of nitrogens with zero attached hydrogens (tertiary/aromatic N) is 4. The van der Waals surface area contributed by atoms with Crippen LogP contribution in [-0.2, 0) is 13.5 Å². The molecule has 35 heavy (non-hydrogen) atoms. The lowest BCUT2D eigenvalue weighted by Crippen LogP contribution is -2.19. The molecule has 1 aliphatic rings. The Hall–Kier alpha value is -3.71. The molecule has 0 spiro atoms. The van der Waals surface area contributed by atoms with E-state index in [1.807, 2.05) is 50.4 Å². The monoisotopic (exact) mass is 488 g/mol. The number of pyridine rings is 1. The Morgan fingerprint density at radius 3 is 2.83 bits per heavy atom. The van der Waals surface area contributed by atoms with Crippen LogP contribution in [0.15, 0.2) is 60.8 Å². The highest BCUT2D eigenvalue weighted by molar-refractivity contribution is 6.31. The van der Waals surface area contributed by atoms with Crippen molar-refractivity contribution in [3.63, 3.8) is 0 Å². The molecular weight excluding hydrogens is 463 g/mol. The summed E-state index contributed by atoms with van der Waals surface area (Å²) in [4.78, 5) is 9.00. The Labute approximate surface area is 208 Å². The lowest BCUT2D eigenvalue weighted by molar-refractivity contribution is 0.590. The zero-order chi connectivity index (χ0) is 24.5. The molecule has 8 heteroatoms. The minimum Gasteiger partial charge on any atom is -0.383 e. The van der Waals surface area contributed by atoms with E-state index in [-0.39, 0.29) is 0 Å². The molecule has 0 amide bonds. The predicted octanol–water partition coefficient (Wildman–Crippen LogP) is 6.24. The largest absolute Gasteiger partial charge is 0.383 e. The summed E-state index contributed by atoms with van der Waals surface area (Å²) in [5, 5.41) is 10.3. The van der Waals surface area contributed by atoms with E-state index >= 15 is 4.39 Å². The molecule has 5 rings (SSSR count). The van der Waals surface area contributed by atoms with Gasteiger partial charge < -0.3 is 11.1 Å². The molecule has 4 aromatic rings. The molecule has 2 aromatic heterocycles. The van der Waals surface area contributed by atoms with E-state index in [9.17, 15) is 0 Å². The number of hydrogen-bond donors (Lipinski definition) is 2. The van der Waals surface area contributed by atoms with Crippen LogP contribution in [-0.4, -0.2) is 19.7 Å². The van der Waals surface area contributed by atoms with Gasteiger partial charge in [-0.15, -0.1) is 0 Å². The summed E-state index contributed by atoms with van der Waals surface area (Å²) in [6.45, 7) is 2.00. The van der Waals surface area contributed by atoms with Gasteiger partial charge in [0, 0.05) is 40.5 Å². The van der Waals surface area contributed by atoms with Crippen molar-refractivity contribution in [2.75, 3.05) is 11.1 Å². The minimum atomic E-state index is -0.603. The van der Waals surface area contributed by atoms with Crippen molar-refractivity contribution in [1.82, 2.24) is 19.7 Å². The molecule has 2 heterocycles. The Balaban J connectivity index is 1.63. The highest BCUT2D eigenvalue weighted by Crippen LogP contribution is 2.33. The average Bonchev–Trinajstić information content (AvgIpc) is 3.25. The van der Waals surface area contributed by atoms with Crippen LogP contribution in [0.4, 0.5) is 15.9 Å². The first-order valence-electron chi connectivity index (χ1n) is 11.6. The van der Waals surface area contributed by atoms with Crippen LogP contribution in [0.2, 0.25) is 5.02 Å². The molecule has 0 radical (unpaired) electrons. The Morgan fingerprint density at radius 2 is 2.06 bits per heavy atom. The van der Waals surface area contributed by atoms with Crippen molar-refractivity contribution in [3.8, 4) is 0 Å². The third-order valence-corrected chi connectivity index (χ3v) is 6.62. The molecular formula is C27H26ClFN6. The number of nitrogens with one attached hydrogen (secondary N) is 1. The van der Waals surface area contributed by atoms with Gasteiger partial charge in [-0.1, -0.05) is 36.8 Å². The number of rotatable bonds is 6. The number of anilines is 2. The molecule has 1 unspecified atom stereocenters. The van der Waals surface area contributed by atoms with E-state index in [1.54, 1.807) is 10.9 Å². The standard InChI is InChI=1S/C27H26ClFN6/c1-3-16-14-21(23(29)15-22(16)28)24(27-33-26(34-35(27)2)17-7-5-4-6-8-17)32-19-9-10-20-18(13-19)11-12-31-25(20)30/h5,7-15,24,32H,3-4,6H2,1-2H3,(H2,30,31). The van der Waals surface area contributed by atoms with E-state index in [1.165, 1.54) is 6.07 Å². The van der Waals surface area contributed by atoms with Crippen LogP contribution < -0.4 is 11.1 Å². The molecule has 0 saturated heterocycles. The first kappa shape index (κ1) is 23.1. The van der Waals surface area contributed by atoms with Crippen molar-refractivity contribution in [3.05, 3.63) is 94.4 Å². The van der Waals surface area contributed by atoms with E-state index in [0.29, 0.717) is 34.5 Å². The Bertz CT molecular complexity index is 1470. The fourth-order valence-corrected chi connectivity index (χ4v) is 4.68. The normalized spacial score (nSPS) is 14.2. The molecule has 1 atom stereocenters. The topological polar surface area (TPSA) is 81.7 Å². The van der Waals surface area contributed by atoms with Gasteiger partial charge >= 0.3 is 0 Å². The summed E-state index contributed by atoms with van der Waals surface area (Å²) in [7, 11) is 1.83. The third kappa shape index (κ3) is 4.51. The molecule has 3 N–H and O–H groups in total. The number of halogens is 2. The lowest BCUT2D eigenvalue weighted by atomic mass is 10.00. The maximum Gasteiger partial charge on any atom is 0.181 e. The van der Waals surface area contributed by atoms with Crippen molar-refractivity contribution in [2.24, 2.45) is 7.05 Å². The summed E-state index contributed by atoms with van der Waals surface area (Å²) in [6.07, 6.45) is 10.6. The van der Waals surface area contributed by atoms with Gasteiger partial charge in [0.25, 0.3) is 0 Å². The number of nitrogen functional groups attached to an aromatic ring is 1. The van der Waals surface area contributed by atoms with Crippen molar-refractivity contribution < 1.29 is 4.39 Å². The van der Waals surface area contributed by atoms with E-state index in [4.69, 9.17) is 22.3 Å². The molecule has 6 nitrogen and oxygen atoms in total. The highest BCUT2D eigenvalue weighted by Gasteiger charge is 2.26. The lowest BCUT2D eigenvalue weighted by Gasteiger charge is -2.21. The van der Waals surface area contributed by atoms with Gasteiger partial charge in [-0.05, 0) is 66.6 Å². The SMILES string of the molecule is CCc1cc(C(Nc2ccc3c(N)nccc3c2)c2nc(C3=CCCC=C3)nn2C)c(F)cc1Cl. The summed E-state index contributed by atoms with van der Waals surface area (Å²) in [6, 6.07) is 10.3. The molecule has 2 aromatic carbocycles. The van der Waals surface area contributed by atoms with Gasteiger partial charge in [0.05, 0.1) is 0 Å². The molecule has 0 aliphatic heterocycles. The van der Waals surface area contributed by atoms with Gasteiger partial charge in [0.2, 0.25) is 0 Å². The van der Waals surface area contributed by atoms with Crippen molar-refractivity contribution >= 4 is 39.5 Å². The Kier molecular flexibility index (Phi) is 6.26. The number of fused-ring (bicyclic) bond motifs is 1. The second kappa shape index (κ2) is 9.50. The molecule has 0 fully saturated rings. The number of nitrogens with two attached hydrogens (primary N) is 1. The molecule has 1 aliphatic carbocycles. The fourth-order valence-electron chi connectivity index (χ4n) is 4.39. The quantitative estimate of drug-likeness (QED) is 0.336. The van der Waals surface area contributed by atoms with Gasteiger partial charge in [0.1, 0.15) is 17.7 Å². The predicted molar refractivity (Wildman–Crippen MR) is 140 cm³/mol. The second-order valence-electron chi connectivity index (χ2n) is 8.58. The minimum absolute atomic E-state index is 0.403. The maximum absolute atomic E-state index is 15.4. The zero-order valence-electron chi connectivity index (χ0n) is 19.6. The summed E-state index contributed by atoms with van der Waals surface area (Å²) >= 11 is 6.30. The number of benzene rings is 2. The van der Waals surface area contributed by atoms with Crippen LogP contribution in [0.25, 0.3) is 16.3 Å². The number of hydrogen-bond acceptors (Lipinski definition) is 5. The van der Waals surface area contributed by atoms with Crippen LogP contribution in [0, 0.1) is 5.82 Å². The van der Waals surface area contributed by atoms with Crippen molar-refractivity contribution in [1.29, 1.82) is 0 Å². The molecule has 0 saturated carbocycles. The average molecular weight is 489 g/mol. The third-order valence-electron chi connectivity index (χ3n) is 6.27. The highest BCUT2D eigenvalue weighted by atomic mass is 35.5. The van der Waals surface area contributed by atoms with Crippen LogP contribution in [0.1, 0.15) is 48.6 Å². The first-order chi connectivity index (χ1) is 16.9. The van der Waals surface area contributed by atoms with E-state index in [2.05, 4.69) is 27.6 Å². The summed E-state index contributed by atoms with van der Waals surface area (Å²) in [5.41, 5.74) is 9.11. The van der Waals surface area contributed by atoms with E-state index < -0.39 is 11.9 Å². The van der Waals surface area contributed by atoms with Gasteiger partial charge in [-0.3, -0.25) is 4.68 Å². The number of aryl methyl sites for hydroxylation is 2. The summed E-state index contributed by atoms with van der Waals surface area (Å²) in [5.74, 6) is 1.28. The van der Waals surface area contributed by atoms with E-state index in [0.717, 1.165) is 40.4 Å². The van der Waals surface area contributed by atoms with Gasteiger partial charge in [-0.2, -0.15) is 5.10 Å². The van der Waals surface area contributed by atoms with Crippen LogP contribution >= 0.6 is 11.6 Å².